The van der Waals surface area contributed by atoms with Crippen molar-refractivity contribution in [1.29, 1.82) is 0 Å². The van der Waals surface area contributed by atoms with Crippen LogP contribution in [0, 0.1) is 0 Å². The Hall–Kier alpha value is -8.41. The highest BCUT2D eigenvalue weighted by molar-refractivity contribution is 6.24. The van der Waals surface area contributed by atoms with Gasteiger partial charge in [0.25, 0.3) is 0 Å². The van der Waals surface area contributed by atoms with Crippen LogP contribution in [0.25, 0.3) is 122 Å². The molecule has 0 aliphatic rings. The zero-order valence-corrected chi connectivity index (χ0v) is 33.4. The summed E-state index contributed by atoms with van der Waals surface area (Å²) in [6, 6.07) is 75.3. The molecular weight excluding hydrogens is 755 g/mol. The second kappa shape index (κ2) is 13.6. The van der Waals surface area contributed by atoms with E-state index in [1.54, 1.807) is 0 Å². The van der Waals surface area contributed by atoms with Gasteiger partial charge in [-0.2, -0.15) is 5.10 Å². The van der Waals surface area contributed by atoms with Crippen LogP contribution in [0.15, 0.2) is 212 Å². The van der Waals surface area contributed by atoms with E-state index < -0.39 is 0 Å². The summed E-state index contributed by atoms with van der Waals surface area (Å²) in [5.41, 5.74) is 15.8. The molecule has 0 aliphatic heterocycles. The minimum absolute atomic E-state index is 0.693. The fraction of sp³-hybridized carbons (Fsp3) is 0. The molecule has 0 radical (unpaired) electrons. The quantitative estimate of drug-likeness (QED) is 0.169. The second-order valence-electron chi connectivity index (χ2n) is 16.0. The number of hydrogen-bond acceptors (Lipinski definition) is 3. The lowest BCUT2D eigenvalue weighted by Gasteiger charge is -2.12. The lowest BCUT2D eigenvalue weighted by molar-refractivity contribution is 0.979. The number of fused-ring (bicyclic) bond motifs is 9. The van der Waals surface area contributed by atoms with Crippen molar-refractivity contribution in [3.05, 3.63) is 212 Å². The Morgan fingerprint density at radius 2 is 0.839 bits per heavy atom. The number of hydrogen-bond donors (Lipinski definition) is 0. The number of benzene rings is 8. The lowest BCUT2D eigenvalue weighted by atomic mass is 9.95. The van der Waals surface area contributed by atoms with Gasteiger partial charge in [0.2, 0.25) is 0 Å². The topological polar surface area (TPSA) is 47.5 Å². The third-order valence-electron chi connectivity index (χ3n) is 12.5. The Balaban J connectivity index is 1.02. The number of pyridine rings is 1. The summed E-state index contributed by atoms with van der Waals surface area (Å²) < 4.78 is 4.55. The Morgan fingerprint density at radius 1 is 0.339 bits per heavy atom. The fourth-order valence-electron chi connectivity index (χ4n) is 9.64. The SMILES string of the molecule is c1ccc(-c2cc(-c3ccc(-c4c(-c5ccccc5)nn5c(-c6ccccc6)cc6ccccc6c45)cc3)nc(-c3cc4c5ccccc5n5c6ccccc6c(c3)c45)n2)cc1. The Kier molecular flexibility index (Phi) is 7.54. The first-order valence-electron chi connectivity index (χ1n) is 21.0. The van der Waals surface area contributed by atoms with Gasteiger partial charge in [-0.1, -0.05) is 176 Å². The van der Waals surface area contributed by atoms with Gasteiger partial charge in [-0.25, -0.2) is 14.5 Å². The van der Waals surface area contributed by atoms with Crippen molar-refractivity contribution in [2.45, 2.75) is 0 Å². The first kappa shape index (κ1) is 34.5. The van der Waals surface area contributed by atoms with Crippen LogP contribution in [0.4, 0.5) is 0 Å². The van der Waals surface area contributed by atoms with Gasteiger partial charge in [0, 0.05) is 60.3 Å². The van der Waals surface area contributed by atoms with Crippen LogP contribution in [-0.4, -0.2) is 24.0 Å². The molecule has 288 valence electrons. The van der Waals surface area contributed by atoms with E-state index in [1.165, 1.54) is 43.5 Å². The molecule has 5 heteroatoms. The highest BCUT2D eigenvalue weighted by Gasteiger charge is 2.23. The smallest absolute Gasteiger partial charge is 0.160 e. The molecule has 0 bridgehead atoms. The van der Waals surface area contributed by atoms with Gasteiger partial charge in [-0.3, -0.25) is 0 Å². The number of aromatic nitrogens is 5. The summed E-state index contributed by atoms with van der Waals surface area (Å²) in [7, 11) is 0. The highest BCUT2D eigenvalue weighted by atomic mass is 15.2. The van der Waals surface area contributed by atoms with Crippen molar-refractivity contribution in [3.63, 3.8) is 0 Å². The second-order valence-corrected chi connectivity index (χ2v) is 16.0. The maximum absolute atomic E-state index is 5.42. The third kappa shape index (κ3) is 5.25. The van der Waals surface area contributed by atoms with Crippen molar-refractivity contribution in [1.82, 2.24) is 24.0 Å². The van der Waals surface area contributed by atoms with Gasteiger partial charge in [0.15, 0.2) is 5.82 Å². The van der Waals surface area contributed by atoms with E-state index in [0.717, 1.165) is 72.6 Å². The van der Waals surface area contributed by atoms with E-state index in [9.17, 15) is 0 Å². The standard InChI is InChI=1S/C57H35N5/c1-4-16-36(17-5-1)48-35-49(59-57(58-48)42-32-46-44-24-12-14-26-50(44)61-51-27-15-13-25-45(51)47(33-42)55(46)61)37-28-30-39(31-29-37)53-54(40-20-8-3-9-21-40)60-62-52(38-18-6-2-7-19-38)34-41-22-10-11-23-43(41)56(53)62/h1-35H. The fourth-order valence-corrected chi connectivity index (χ4v) is 9.64. The van der Waals surface area contributed by atoms with E-state index in [-0.39, 0.29) is 0 Å². The molecule has 5 nitrogen and oxygen atoms in total. The average Bonchev–Trinajstić information content (AvgIpc) is 4.03. The Labute approximate surface area is 356 Å². The van der Waals surface area contributed by atoms with Crippen molar-refractivity contribution < 1.29 is 0 Å². The van der Waals surface area contributed by atoms with Gasteiger partial charge in [-0.15, -0.1) is 0 Å². The molecule has 0 saturated heterocycles. The molecule has 0 fully saturated rings. The van der Waals surface area contributed by atoms with Gasteiger partial charge in [-0.05, 0) is 47.3 Å². The van der Waals surface area contributed by atoms with E-state index >= 15 is 0 Å². The maximum atomic E-state index is 5.42. The Morgan fingerprint density at radius 3 is 1.47 bits per heavy atom. The molecule has 0 saturated carbocycles. The molecular formula is C57H35N5. The number of para-hydroxylation sites is 2. The Bertz CT molecular complexity index is 3750. The summed E-state index contributed by atoms with van der Waals surface area (Å²) in [6.45, 7) is 0. The molecule has 13 rings (SSSR count). The molecule has 0 aliphatic carbocycles. The maximum Gasteiger partial charge on any atom is 0.160 e. The van der Waals surface area contributed by atoms with Crippen LogP contribution < -0.4 is 0 Å². The first-order chi connectivity index (χ1) is 30.7. The van der Waals surface area contributed by atoms with E-state index in [2.05, 4.69) is 215 Å². The van der Waals surface area contributed by atoms with Crippen molar-refractivity contribution in [3.8, 4) is 67.5 Å². The molecule has 5 heterocycles. The van der Waals surface area contributed by atoms with E-state index in [4.69, 9.17) is 15.1 Å². The molecule has 0 spiro atoms. The molecule has 0 atom stereocenters. The minimum Gasteiger partial charge on any atom is -0.308 e. The monoisotopic (exact) mass is 789 g/mol. The summed E-state index contributed by atoms with van der Waals surface area (Å²) in [6.07, 6.45) is 0. The van der Waals surface area contributed by atoms with Crippen LogP contribution in [-0.2, 0) is 0 Å². The van der Waals surface area contributed by atoms with Crippen LogP contribution in [0.2, 0.25) is 0 Å². The summed E-state index contributed by atoms with van der Waals surface area (Å²) in [5, 5.41) is 12.6. The zero-order valence-electron chi connectivity index (χ0n) is 33.4. The predicted molar refractivity (Wildman–Crippen MR) is 256 cm³/mol. The average molecular weight is 790 g/mol. The highest BCUT2D eigenvalue weighted by Crippen LogP contribution is 2.43. The van der Waals surface area contributed by atoms with E-state index in [1.807, 2.05) is 6.07 Å². The first-order valence-corrected chi connectivity index (χ1v) is 21.0. The summed E-state index contributed by atoms with van der Waals surface area (Å²) in [4.78, 5) is 10.7. The summed E-state index contributed by atoms with van der Waals surface area (Å²) in [5.74, 6) is 0.693. The van der Waals surface area contributed by atoms with Crippen molar-refractivity contribution >= 4 is 54.4 Å². The molecule has 5 aromatic heterocycles. The molecule has 8 aromatic carbocycles. The minimum atomic E-state index is 0.693. The normalized spacial score (nSPS) is 11.9. The predicted octanol–water partition coefficient (Wildman–Crippen LogP) is 14.4. The van der Waals surface area contributed by atoms with Gasteiger partial charge in [0.1, 0.15) is 5.69 Å². The number of rotatable bonds is 6. The largest absolute Gasteiger partial charge is 0.308 e. The third-order valence-corrected chi connectivity index (χ3v) is 12.5. The van der Waals surface area contributed by atoms with Gasteiger partial charge >= 0.3 is 0 Å². The zero-order chi connectivity index (χ0) is 40.7. The number of nitrogens with zero attached hydrogens (tertiary/aromatic N) is 5. The molecule has 13 aromatic rings. The molecule has 0 N–H and O–H groups in total. The van der Waals surface area contributed by atoms with Gasteiger partial charge in [0.05, 0.1) is 39.1 Å². The molecule has 0 amide bonds. The van der Waals surface area contributed by atoms with E-state index in [0.29, 0.717) is 5.82 Å². The summed E-state index contributed by atoms with van der Waals surface area (Å²) >= 11 is 0. The van der Waals surface area contributed by atoms with Crippen LogP contribution in [0.5, 0.6) is 0 Å². The molecule has 0 unspecified atom stereocenters. The van der Waals surface area contributed by atoms with Crippen LogP contribution in [0.1, 0.15) is 0 Å². The van der Waals surface area contributed by atoms with Crippen molar-refractivity contribution in [2.24, 2.45) is 0 Å². The molecule has 62 heavy (non-hydrogen) atoms. The lowest BCUT2D eigenvalue weighted by Crippen LogP contribution is -1.96. The van der Waals surface area contributed by atoms with Crippen LogP contribution in [0.3, 0.4) is 0 Å². The van der Waals surface area contributed by atoms with Gasteiger partial charge < -0.3 is 4.40 Å². The van der Waals surface area contributed by atoms with Crippen LogP contribution >= 0.6 is 0 Å². The van der Waals surface area contributed by atoms with Crippen molar-refractivity contribution in [2.75, 3.05) is 0 Å².